The molecule has 1 heterocycles. The van der Waals surface area contributed by atoms with Crippen molar-refractivity contribution in [2.45, 2.75) is 18.2 Å². The second-order valence-corrected chi connectivity index (χ2v) is 8.42. The molecule has 0 bridgehead atoms. The van der Waals surface area contributed by atoms with Crippen molar-refractivity contribution in [3.63, 3.8) is 0 Å². The lowest BCUT2D eigenvalue weighted by Crippen LogP contribution is -2.25. The molecule has 142 valence electrons. The van der Waals surface area contributed by atoms with Gasteiger partial charge in [-0.1, -0.05) is 11.6 Å². The molecule has 1 atom stereocenters. The summed E-state index contributed by atoms with van der Waals surface area (Å²) in [5, 5.41) is 9.56. The number of carbonyl (C=O) groups is 2. The summed E-state index contributed by atoms with van der Waals surface area (Å²) < 4.78 is 27.7. The van der Waals surface area contributed by atoms with Crippen LogP contribution >= 0.6 is 11.6 Å². The Morgan fingerprint density at radius 3 is 2.44 bits per heavy atom. The molecule has 1 aliphatic heterocycles. The first-order chi connectivity index (χ1) is 12.7. The molecule has 1 amide bonds. The number of benzene rings is 2. The predicted octanol–water partition coefficient (Wildman–Crippen LogP) is 2.89. The highest BCUT2D eigenvalue weighted by Crippen LogP contribution is 2.27. The molecule has 0 aromatic heterocycles. The zero-order chi connectivity index (χ0) is 19.8. The Hall–Kier alpha value is -2.58. The average Bonchev–Trinajstić information content (AvgIpc) is 3.00. The van der Waals surface area contributed by atoms with Crippen molar-refractivity contribution >= 4 is 44.9 Å². The lowest BCUT2D eigenvalue weighted by atomic mass is 10.1. The van der Waals surface area contributed by atoms with Crippen molar-refractivity contribution in [3.8, 4) is 0 Å². The van der Waals surface area contributed by atoms with Crippen LogP contribution in [0.25, 0.3) is 0 Å². The van der Waals surface area contributed by atoms with Crippen molar-refractivity contribution in [3.05, 3.63) is 53.1 Å². The third-order valence-electron chi connectivity index (χ3n) is 4.37. The molecule has 0 aliphatic carbocycles. The van der Waals surface area contributed by atoms with Gasteiger partial charge in [0.2, 0.25) is 5.91 Å². The summed E-state index contributed by atoms with van der Waals surface area (Å²) in [6.45, 7) is 1.81. The number of aliphatic carboxylic acids is 1. The maximum Gasteiger partial charge on any atom is 0.308 e. The summed E-state index contributed by atoms with van der Waals surface area (Å²) in [7, 11) is -3.82. The zero-order valence-corrected chi connectivity index (χ0v) is 15.9. The Kier molecular flexibility index (Phi) is 5.12. The molecule has 0 saturated carbocycles. The SMILES string of the molecule is Cc1cc(Cl)ccc1NS(=O)(=O)c1ccc(N2C[C@H](C(=O)O)CC2=O)cc1. The number of carboxylic acid groups (broad SMARTS) is 1. The van der Waals surface area contributed by atoms with Crippen molar-refractivity contribution in [2.75, 3.05) is 16.2 Å². The van der Waals surface area contributed by atoms with Gasteiger partial charge in [-0.2, -0.15) is 0 Å². The zero-order valence-electron chi connectivity index (χ0n) is 14.3. The molecule has 3 rings (SSSR count). The van der Waals surface area contributed by atoms with Crippen molar-refractivity contribution in [2.24, 2.45) is 5.92 Å². The summed E-state index contributed by atoms with van der Waals surface area (Å²) in [4.78, 5) is 24.4. The molecule has 1 aliphatic rings. The van der Waals surface area contributed by atoms with Gasteiger partial charge in [0.1, 0.15) is 0 Å². The number of sulfonamides is 1. The van der Waals surface area contributed by atoms with E-state index in [-0.39, 0.29) is 23.8 Å². The molecule has 0 spiro atoms. The molecule has 0 radical (unpaired) electrons. The third-order valence-corrected chi connectivity index (χ3v) is 5.98. The molecule has 2 N–H and O–H groups in total. The molecular weight excluding hydrogens is 392 g/mol. The highest BCUT2D eigenvalue weighted by atomic mass is 35.5. The first-order valence-electron chi connectivity index (χ1n) is 8.09. The van der Waals surface area contributed by atoms with Gasteiger partial charge in [-0.3, -0.25) is 14.3 Å². The van der Waals surface area contributed by atoms with E-state index >= 15 is 0 Å². The number of aryl methyl sites for hydroxylation is 1. The summed E-state index contributed by atoms with van der Waals surface area (Å²) in [5.41, 5.74) is 1.57. The van der Waals surface area contributed by atoms with Crippen LogP contribution in [0.3, 0.4) is 0 Å². The fraction of sp³-hybridized carbons (Fsp3) is 0.222. The van der Waals surface area contributed by atoms with E-state index in [9.17, 15) is 18.0 Å². The van der Waals surface area contributed by atoms with Crippen LogP contribution in [-0.2, 0) is 19.6 Å². The summed E-state index contributed by atoms with van der Waals surface area (Å²) >= 11 is 5.88. The van der Waals surface area contributed by atoms with Gasteiger partial charge in [-0.25, -0.2) is 8.42 Å². The molecule has 1 saturated heterocycles. The molecule has 7 nitrogen and oxygen atoms in total. The third kappa shape index (κ3) is 4.06. The lowest BCUT2D eigenvalue weighted by Gasteiger charge is -2.17. The topological polar surface area (TPSA) is 104 Å². The second kappa shape index (κ2) is 7.21. The Bertz CT molecular complexity index is 1000. The molecule has 27 heavy (non-hydrogen) atoms. The number of hydrogen-bond donors (Lipinski definition) is 2. The smallest absolute Gasteiger partial charge is 0.308 e. The Labute approximate surface area is 161 Å². The van der Waals surface area contributed by atoms with Crippen LogP contribution in [0.1, 0.15) is 12.0 Å². The molecule has 9 heteroatoms. The molecule has 2 aromatic carbocycles. The maximum absolute atomic E-state index is 12.6. The summed E-state index contributed by atoms with van der Waals surface area (Å²) in [6, 6.07) is 10.6. The van der Waals surface area contributed by atoms with E-state index in [4.69, 9.17) is 16.7 Å². The summed E-state index contributed by atoms with van der Waals surface area (Å²) in [5.74, 6) is -2.07. The van der Waals surface area contributed by atoms with E-state index in [1.165, 1.54) is 29.2 Å². The van der Waals surface area contributed by atoms with Crippen molar-refractivity contribution in [1.82, 2.24) is 0 Å². The molecule has 0 unspecified atom stereocenters. The van der Waals surface area contributed by atoms with E-state index < -0.39 is 21.9 Å². The van der Waals surface area contributed by atoms with E-state index in [0.717, 1.165) is 0 Å². The van der Waals surface area contributed by atoms with Gasteiger partial charge in [0, 0.05) is 23.7 Å². The Balaban J connectivity index is 1.80. The van der Waals surface area contributed by atoms with Crippen LogP contribution in [-0.4, -0.2) is 31.9 Å². The second-order valence-electron chi connectivity index (χ2n) is 6.30. The van der Waals surface area contributed by atoms with Crippen LogP contribution in [0.15, 0.2) is 47.4 Å². The first kappa shape index (κ1) is 19.2. The van der Waals surface area contributed by atoms with Crippen molar-refractivity contribution in [1.29, 1.82) is 0 Å². The number of nitrogens with one attached hydrogen (secondary N) is 1. The fourth-order valence-electron chi connectivity index (χ4n) is 2.87. The average molecular weight is 409 g/mol. The number of amides is 1. The normalized spacial score (nSPS) is 17.2. The molecule has 1 fully saturated rings. The highest BCUT2D eigenvalue weighted by molar-refractivity contribution is 7.92. The van der Waals surface area contributed by atoms with Crippen LogP contribution in [0.5, 0.6) is 0 Å². The van der Waals surface area contributed by atoms with Gasteiger partial charge >= 0.3 is 5.97 Å². The monoisotopic (exact) mass is 408 g/mol. The molecule has 2 aromatic rings. The van der Waals surface area contributed by atoms with Gasteiger partial charge in [0.15, 0.2) is 0 Å². The predicted molar refractivity (Wildman–Crippen MR) is 102 cm³/mol. The molecular formula is C18H17ClN2O5S. The minimum Gasteiger partial charge on any atom is -0.481 e. The lowest BCUT2D eigenvalue weighted by molar-refractivity contribution is -0.141. The van der Waals surface area contributed by atoms with E-state index in [1.54, 1.807) is 25.1 Å². The number of rotatable bonds is 5. The summed E-state index contributed by atoms with van der Waals surface area (Å²) in [6.07, 6.45) is -0.0627. The number of nitrogens with zero attached hydrogens (tertiary/aromatic N) is 1. The van der Waals surface area contributed by atoms with Crippen LogP contribution in [0, 0.1) is 12.8 Å². The van der Waals surface area contributed by atoms with Crippen LogP contribution < -0.4 is 9.62 Å². The van der Waals surface area contributed by atoms with Crippen molar-refractivity contribution < 1.29 is 23.1 Å². The van der Waals surface area contributed by atoms with Crippen LogP contribution in [0.4, 0.5) is 11.4 Å². The van der Waals surface area contributed by atoms with E-state index in [0.29, 0.717) is 22.0 Å². The largest absolute Gasteiger partial charge is 0.481 e. The van der Waals surface area contributed by atoms with Gasteiger partial charge in [-0.05, 0) is 55.0 Å². The number of carboxylic acids is 1. The van der Waals surface area contributed by atoms with Crippen LogP contribution in [0.2, 0.25) is 5.02 Å². The van der Waals surface area contributed by atoms with E-state index in [1.807, 2.05) is 0 Å². The quantitative estimate of drug-likeness (QED) is 0.791. The minimum atomic E-state index is -3.82. The Morgan fingerprint density at radius 1 is 1.22 bits per heavy atom. The number of halogens is 1. The number of carbonyl (C=O) groups excluding carboxylic acids is 1. The standard InChI is InChI=1S/C18H17ClN2O5S/c1-11-8-13(19)2-7-16(11)20-27(25,26)15-5-3-14(4-6-15)21-10-12(18(23)24)9-17(21)22/h2-8,12,20H,9-10H2,1H3,(H,23,24)/t12-/m1/s1. The van der Waals surface area contributed by atoms with Gasteiger partial charge < -0.3 is 10.0 Å². The van der Waals surface area contributed by atoms with E-state index in [2.05, 4.69) is 4.72 Å². The van der Waals surface area contributed by atoms with Gasteiger partial charge in [0.05, 0.1) is 16.5 Å². The number of hydrogen-bond acceptors (Lipinski definition) is 4. The van der Waals surface area contributed by atoms with Gasteiger partial charge in [-0.15, -0.1) is 0 Å². The number of anilines is 2. The minimum absolute atomic E-state index is 0.0297. The first-order valence-corrected chi connectivity index (χ1v) is 9.96. The highest BCUT2D eigenvalue weighted by Gasteiger charge is 2.35. The maximum atomic E-state index is 12.6. The fourth-order valence-corrected chi connectivity index (χ4v) is 4.23. The van der Waals surface area contributed by atoms with Gasteiger partial charge in [0.25, 0.3) is 10.0 Å². The Morgan fingerprint density at radius 2 is 1.89 bits per heavy atom.